The number of Topliss-reactive ketones (excluding diaryl/α,β-unsaturated/α-hetero) is 1. The topological polar surface area (TPSA) is 20.3 Å². The minimum absolute atomic E-state index is 0.0750. The summed E-state index contributed by atoms with van der Waals surface area (Å²) in [6.45, 7) is 12.3. The average molecular weight is 307 g/mol. The molecule has 3 heteroatoms. The molecule has 0 bridgehead atoms. The zero-order valence-electron chi connectivity index (χ0n) is 15.0. The minimum atomic E-state index is -0.368. The molecule has 0 radical (unpaired) electrons. The first-order valence-corrected chi connectivity index (χ1v) is 7.94. The summed E-state index contributed by atoms with van der Waals surface area (Å²) >= 11 is 0. The molecule has 1 aromatic rings. The highest BCUT2D eigenvalue weighted by Crippen LogP contribution is 2.26. The van der Waals surface area contributed by atoms with Crippen molar-refractivity contribution in [2.75, 3.05) is 7.05 Å². The van der Waals surface area contributed by atoms with E-state index in [0.29, 0.717) is 0 Å². The second-order valence-electron chi connectivity index (χ2n) is 8.08. The number of carbonyl (C=O) groups excluding carboxylic acids is 1. The van der Waals surface area contributed by atoms with Crippen LogP contribution in [-0.2, 0) is 11.2 Å². The molecule has 0 unspecified atom stereocenters. The van der Waals surface area contributed by atoms with Gasteiger partial charge in [-0.15, -0.1) is 0 Å². The molecule has 0 spiro atoms. The van der Waals surface area contributed by atoms with E-state index < -0.39 is 0 Å². The summed E-state index contributed by atoms with van der Waals surface area (Å²) < 4.78 is 13.0. The van der Waals surface area contributed by atoms with Gasteiger partial charge < -0.3 is 0 Å². The first-order valence-electron chi connectivity index (χ1n) is 7.94. The quantitative estimate of drug-likeness (QED) is 0.800. The third-order valence-corrected chi connectivity index (χ3v) is 4.19. The molecule has 0 N–H and O–H groups in total. The van der Waals surface area contributed by atoms with Gasteiger partial charge in [-0.25, -0.2) is 4.39 Å². The molecule has 0 saturated carbocycles. The lowest BCUT2D eigenvalue weighted by atomic mass is 9.82. The Morgan fingerprint density at radius 3 is 2.00 bits per heavy atom. The number of hydrogen-bond acceptors (Lipinski definition) is 2. The molecule has 0 fully saturated rings. The third kappa shape index (κ3) is 5.20. The molecule has 0 aliphatic heterocycles. The molecule has 1 aromatic carbocycles. The van der Waals surface area contributed by atoms with E-state index in [0.717, 1.165) is 18.4 Å². The van der Waals surface area contributed by atoms with Gasteiger partial charge in [0.05, 0.1) is 6.04 Å². The van der Waals surface area contributed by atoms with E-state index in [2.05, 4.69) is 25.7 Å². The van der Waals surface area contributed by atoms with Gasteiger partial charge in [0, 0.05) is 11.0 Å². The first kappa shape index (κ1) is 18.8. The number of rotatable bonds is 5. The number of ketones is 1. The van der Waals surface area contributed by atoms with Crippen LogP contribution < -0.4 is 0 Å². The van der Waals surface area contributed by atoms with Crippen molar-refractivity contribution in [2.24, 2.45) is 5.41 Å². The number of benzene rings is 1. The predicted octanol–water partition coefficient (Wildman–Crippen LogP) is 4.47. The Morgan fingerprint density at radius 2 is 1.59 bits per heavy atom. The largest absolute Gasteiger partial charge is 0.297 e. The molecule has 1 rings (SSSR count). The minimum Gasteiger partial charge on any atom is -0.297 e. The second-order valence-corrected chi connectivity index (χ2v) is 8.08. The fourth-order valence-electron chi connectivity index (χ4n) is 2.42. The fourth-order valence-corrected chi connectivity index (χ4v) is 2.42. The Morgan fingerprint density at radius 1 is 1.09 bits per heavy atom. The van der Waals surface area contributed by atoms with E-state index in [9.17, 15) is 9.18 Å². The second kappa shape index (κ2) is 6.91. The summed E-state index contributed by atoms with van der Waals surface area (Å²) in [5.41, 5.74) is 0.622. The lowest BCUT2D eigenvalue weighted by Crippen LogP contribution is -2.52. The predicted molar refractivity (Wildman–Crippen MR) is 90.5 cm³/mol. The summed E-state index contributed by atoms with van der Waals surface area (Å²) in [4.78, 5) is 15.0. The Kier molecular flexibility index (Phi) is 5.91. The summed E-state index contributed by atoms with van der Waals surface area (Å²) in [6.07, 6.45) is 1.52. The average Bonchev–Trinajstić information content (AvgIpc) is 2.38. The van der Waals surface area contributed by atoms with Crippen LogP contribution in [0.25, 0.3) is 0 Å². The zero-order valence-corrected chi connectivity index (χ0v) is 15.0. The van der Waals surface area contributed by atoms with Crippen molar-refractivity contribution in [3.8, 4) is 0 Å². The number of likely N-dealkylation sites (N-methyl/N-ethyl adjacent to an activating group) is 1. The van der Waals surface area contributed by atoms with Crippen LogP contribution in [0.3, 0.4) is 0 Å². The number of hydrogen-bond donors (Lipinski definition) is 0. The van der Waals surface area contributed by atoms with Gasteiger partial charge in [0.2, 0.25) is 0 Å². The molecule has 124 valence electrons. The molecule has 0 aliphatic carbocycles. The summed E-state index contributed by atoms with van der Waals surface area (Å²) in [5, 5.41) is 0. The van der Waals surface area contributed by atoms with Crippen LogP contribution in [0, 0.1) is 11.2 Å². The van der Waals surface area contributed by atoms with Gasteiger partial charge in [-0.05, 0) is 58.4 Å². The van der Waals surface area contributed by atoms with Crippen LogP contribution in [0.2, 0.25) is 0 Å². The molecule has 0 aliphatic rings. The zero-order chi connectivity index (χ0) is 17.1. The molecule has 2 nitrogen and oxygen atoms in total. The highest BCUT2D eigenvalue weighted by molar-refractivity contribution is 5.88. The SMILES string of the molecule is CN([C@H](CCc1ccc(F)cc1)C(=O)C(C)(C)C)C(C)(C)C. The van der Waals surface area contributed by atoms with Crippen LogP contribution in [0.5, 0.6) is 0 Å². The Labute approximate surface area is 134 Å². The maximum atomic E-state index is 13.0. The van der Waals surface area contributed by atoms with Crippen LogP contribution in [-0.4, -0.2) is 29.3 Å². The van der Waals surface area contributed by atoms with Gasteiger partial charge in [0.1, 0.15) is 5.82 Å². The lowest BCUT2D eigenvalue weighted by Gasteiger charge is -2.40. The molecule has 0 saturated heterocycles. The Balaban J connectivity index is 2.91. The van der Waals surface area contributed by atoms with E-state index in [1.54, 1.807) is 12.1 Å². The van der Waals surface area contributed by atoms with Crippen LogP contribution in [0.1, 0.15) is 53.5 Å². The molecule has 0 heterocycles. The van der Waals surface area contributed by atoms with Gasteiger partial charge >= 0.3 is 0 Å². The van der Waals surface area contributed by atoms with Crippen molar-refractivity contribution in [3.63, 3.8) is 0 Å². The smallest absolute Gasteiger partial charge is 0.155 e. The van der Waals surface area contributed by atoms with E-state index in [4.69, 9.17) is 0 Å². The molecule has 22 heavy (non-hydrogen) atoms. The van der Waals surface area contributed by atoms with Gasteiger partial charge in [-0.3, -0.25) is 9.69 Å². The van der Waals surface area contributed by atoms with Crippen molar-refractivity contribution in [1.29, 1.82) is 0 Å². The Bertz CT molecular complexity index is 494. The van der Waals surface area contributed by atoms with Crippen LogP contribution in [0.15, 0.2) is 24.3 Å². The standard InChI is InChI=1S/C19H30FNO/c1-18(2,3)17(22)16(21(7)19(4,5)6)13-10-14-8-11-15(20)12-9-14/h8-9,11-12,16H,10,13H2,1-7H3/t16-/m1/s1. The third-order valence-electron chi connectivity index (χ3n) is 4.19. The fraction of sp³-hybridized carbons (Fsp3) is 0.632. The van der Waals surface area contributed by atoms with Gasteiger partial charge in [0.25, 0.3) is 0 Å². The van der Waals surface area contributed by atoms with Crippen molar-refractivity contribution in [3.05, 3.63) is 35.6 Å². The van der Waals surface area contributed by atoms with Gasteiger partial charge in [-0.1, -0.05) is 32.9 Å². The lowest BCUT2D eigenvalue weighted by molar-refractivity contribution is -0.133. The Hall–Kier alpha value is -1.22. The van der Waals surface area contributed by atoms with E-state index >= 15 is 0 Å². The molecular weight excluding hydrogens is 277 g/mol. The van der Waals surface area contributed by atoms with Crippen molar-refractivity contribution in [2.45, 2.75) is 66.0 Å². The first-order chi connectivity index (χ1) is 9.93. The van der Waals surface area contributed by atoms with Crippen molar-refractivity contribution < 1.29 is 9.18 Å². The number of carbonyl (C=O) groups is 1. The van der Waals surface area contributed by atoms with Crippen LogP contribution >= 0.6 is 0 Å². The van der Waals surface area contributed by atoms with Crippen LogP contribution in [0.4, 0.5) is 4.39 Å². The highest BCUT2D eigenvalue weighted by atomic mass is 19.1. The van der Waals surface area contributed by atoms with Crippen molar-refractivity contribution in [1.82, 2.24) is 4.90 Å². The van der Waals surface area contributed by atoms with E-state index in [1.807, 2.05) is 27.8 Å². The number of aryl methyl sites for hydroxylation is 1. The normalized spacial score (nSPS) is 14.2. The highest BCUT2D eigenvalue weighted by Gasteiger charge is 2.35. The number of nitrogens with zero attached hydrogens (tertiary/aromatic N) is 1. The maximum Gasteiger partial charge on any atom is 0.155 e. The summed E-state index contributed by atoms with van der Waals surface area (Å²) in [5.74, 6) is 0.0323. The number of halogens is 1. The molecule has 0 aromatic heterocycles. The molecule has 0 amide bonds. The molecule has 1 atom stereocenters. The van der Waals surface area contributed by atoms with Crippen molar-refractivity contribution >= 4 is 5.78 Å². The van der Waals surface area contributed by atoms with Gasteiger partial charge in [0.15, 0.2) is 5.78 Å². The van der Waals surface area contributed by atoms with E-state index in [-0.39, 0.29) is 28.6 Å². The summed E-state index contributed by atoms with van der Waals surface area (Å²) in [6, 6.07) is 6.41. The molecular formula is C19H30FNO. The summed E-state index contributed by atoms with van der Waals surface area (Å²) in [7, 11) is 2.01. The van der Waals surface area contributed by atoms with E-state index in [1.165, 1.54) is 12.1 Å². The maximum absolute atomic E-state index is 13.0. The monoisotopic (exact) mass is 307 g/mol. The van der Waals surface area contributed by atoms with Gasteiger partial charge in [-0.2, -0.15) is 0 Å².